The number of rotatable bonds is 6. The zero-order valence-corrected chi connectivity index (χ0v) is 17.8. The Morgan fingerprint density at radius 3 is 2.45 bits per heavy atom. The van der Waals surface area contributed by atoms with Crippen molar-refractivity contribution in [3.8, 4) is 0 Å². The first-order valence-corrected chi connectivity index (χ1v) is 10.4. The number of hydrogen-bond acceptors (Lipinski definition) is 3. The summed E-state index contributed by atoms with van der Waals surface area (Å²) in [5, 5.41) is 7.47. The summed E-state index contributed by atoms with van der Waals surface area (Å²) in [6.07, 6.45) is 1.47. The van der Waals surface area contributed by atoms with Gasteiger partial charge >= 0.3 is 0 Å². The fraction of sp³-hybridized carbons (Fsp3) is 0.261. The van der Waals surface area contributed by atoms with Crippen molar-refractivity contribution in [2.45, 2.75) is 32.9 Å². The molecule has 3 aromatic rings. The summed E-state index contributed by atoms with van der Waals surface area (Å²) in [7, 11) is 0. The van der Waals surface area contributed by atoms with Crippen LogP contribution in [0.25, 0.3) is 0 Å². The number of benzene rings is 2. The first kappa shape index (κ1) is 21.1. The van der Waals surface area contributed by atoms with Crippen LogP contribution >= 0.6 is 11.6 Å². The molecule has 0 saturated carbocycles. The molecule has 1 fully saturated rings. The Kier molecular flexibility index (Phi) is 6.04. The monoisotopic (exact) mass is 440 g/mol. The van der Waals surface area contributed by atoms with Crippen LogP contribution in [0, 0.1) is 12.7 Å². The van der Waals surface area contributed by atoms with E-state index in [1.807, 2.05) is 24.3 Å². The first-order chi connectivity index (χ1) is 14.9. The van der Waals surface area contributed by atoms with Gasteiger partial charge in [0.1, 0.15) is 11.0 Å². The SMILES string of the molecule is Cc1nn(Cc2ccc(F)cc2)c(Cl)c1C(=O)NCc1ccc(N2CCCC2=O)cc1. The van der Waals surface area contributed by atoms with E-state index in [0.717, 1.165) is 29.8 Å². The molecule has 2 amide bonds. The second-order valence-electron chi connectivity index (χ2n) is 7.53. The number of carbonyl (C=O) groups excluding carboxylic acids is 2. The van der Waals surface area contributed by atoms with Crippen molar-refractivity contribution in [1.29, 1.82) is 0 Å². The van der Waals surface area contributed by atoms with Crippen LogP contribution in [0.15, 0.2) is 48.5 Å². The van der Waals surface area contributed by atoms with Gasteiger partial charge in [-0.2, -0.15) is 5.10 Å². The van der Waals surface area contributed by atoms with E-state index in [1.54, 1.807) is 24.0 Å². The minimum Gasteiger partial charge on any atom is -0.348 e. The number of hydrogen-bond donors (Lipinski definition) is 1. The lowest BCUT2D eigenvalue weighted by Gasteiger charge is -2.16. The van der Waals surface area contributed by atoms with E-state index in [4.69, 9.17) is 11.6 Å². The van der Waals surface area contributed by atoms with Crippen molar-refractivity contribution in [2.24, 2.45) is 0 Å². The molecule has 0 bridgehead atoms. The third kappa shape index (κ3) is 4.61. The molecule has 4 rings (SSSR count). The van der Waals surface area contributed by atoms with Crippen LogP contribution in [0.4, 0.5) is 10.1 Å². The molecule has 1 N–H and O–H groups in total. The molecule has 6 nitrogen and oxygen atoms in total. The van der Waals surface area contributed by atoms with Crippen LogP contribution in [-0.4, -0.2) is 28.1 Å². The summed E-state index contributed by atoms with van der Waals surface area (Å²) in [5.41, 5.74) is 3.46. The van der Waals surface area contributed by atoms with E-state index < -0.39 is 0 Å². The Bertz CT molecular complexity index is 1110. The number of aryl methyl sites for hydroxylation is 1. The third-order valence-corrected chi connectivity index (χ3v) is 5.70. The molecule has 160 valence electrons. The Hall–Kier alpha value is -3.19. The fourth-order valence-corrected chi connectivity index (χ4v) is 3.98. The first-order valence-electron chi connectivity index (χ1n) is 10.1. The van der Waals surface area contributed by atoms with Gasteiger partial charge in [0.15, 0.2) is 0 Å². The number of nitrogens with one attached hydrogen (secondary N) is 1. The Morgan fingerprint density at radius 2 is 1.81 bits per heavy atom. The zero-order valence-electron chi connectivity index (χ0n) is 17.1. The summed E-state index contributed by atoms with van der Waals surface area (Å²) in [6, 6.07) is 13.6. The molecule has 8 heteroatoms. The molecule has 2 heterocycles. The van der Waals surface area contributed by atoms with Gasteiger partial charge in [-0.05, 0) is 48.7 Å². The average molecular weight is 441 g/mol. The molecule has 1 aromatic heterocycles. The molecule has 1 aliphatic rings. The number of nitrogens with zero attached hydrogens (tertiary/aromatic N) is 3. The van der Waals surface area contributed by atoms with Crippen molar-refractivity contribution in [3.63, 3.8) is 0 Å². The van der Waals surface area contributed by atoms with Crippen molar-refractivity contribution in [3.05, 3.63) is 81.9 Å². The van der Waals surface area contributed by atoms with Crippen molar-refractivity contribution < 1.29 is 14.0 Å². The van der Waals surface area contributed by atoms with E-state index in [-0.39, 0.29) is 22.8 Å². The normalized spacial score (nSPS) is 13.6. The Morgan fingerprint density at radius 1 is 1.13 bits per heavy atom. The van der Waals surface area contributed by atoms with Crippen molar-refractivity contribution in [1.82, 2.24) is 15.1 Å². The standard InChI is InChI=1S/C23H22ClFN4O2/c1-15-21(22(24)29(27-15)14-17-4-8-18(25)9-5-17)23(31)26-13-16-6-10-19(11-7-16)28-12-2-3-20(28)30/h4-11H,2-3,12-14H2,1H3,(H,26,31). The third-order valence-electron chi connectivity index (χ3n) is 5.31. The van der Waals surface area contributed by atoms with Gasteiger partial charge in [0, 0.05) is 25.2 Å². The molecule has 1 aliphatic heterocycles. The smallest absolute Gasteiger partial charge is 0.256 e. The number of halogens is 2. The largest absolute Gasteiger partial charge is 0.348 e. The van der Waals surface area contributed by atoms with E-state index >= 15 is 0 Å². The molecule has 1 saturated heterocycles. The Labute approximate surface area is 184 Å². The maximum atomic E-state index is 13.1. The summed E-state index contributed by atoms with van der Waals surface area (Å²) in [6.45, 7) is 3.13. The topological polar surface area (TPSA) is 67.2 Å². The van der Waals surface area contributed by atoms with Crippen LogP contribution < -0.4 is 10.2 Å². The molecule has 2 aromatic carbocycles. The van der Waals surface area contributed by atoms with E-state index in [1.165, 1.54) is 16.8 Å². The summed E-state index contributed by atoms with van der Waals surface area (Å²) >= 11 is 6.42. The minimum absolute atomic E-state index is 0.142. The lowest BCUT2D eigenvalue weighted by atomic mass is 10.2. The molecule has 0 radical (unpaired) electrons. The second-order valence-corrected chi connectivity index (χ2v) is 7.89. The van der Waals surface area contributed by atoms with E-state index in [9.17, 15) is 14.0 Å². The maximum absolute atomic E-state index is 13.1. The Balaban J connectivity index is 1.41. The van der Waals surface area contributed by atoms with Crippen LogP contribution in [0.3, 0.4) is 0 Å². The van der Waals surface area contributed by atoms with Gasteiger partial charge < -0.3 is 10.2 Å². The number of amides is 2. The van der Waals surface area contributed by atoms with Crippen LogP contribution in [0.2, 0.25) is 5.15 Å². The molecule has 0 unspecified atom stereocenters. The fourth-order valence-electron chi connectivity index (χ4n) is 3.66. The highest BCUT2D eigenvalue weighted by atomic mass is 35.5. The van der Waals surface area contributed by atoms with E-state index in [0.29, 0.717) is 30.8 Å². The number of carbonyl (C=O) groups is 2. The predicted molar refractivity (Wildman–Crippen MR) is 117 cm³/mol. The lowest BCUT2D eigenvalue weighted by Crippen LogP contribution is -2.24. The minimum atomic E-state index is -0.313. The second kappa shape index (κ2) is 8.89. The van der Waals surface area contributed by atoms with Crippen LogP contribution in [0.5, 0.6) is 0 Å². The van der Waals surface area contributed by atoms with Gasteiger partial charge in [-0.15, -0.1) is 0 Å². The van der Waals surface area contributed by atoms with Gasteiger partial charge in [-0.1, -0.05) is 35.9 Å². The van der Waals surface area contributed by atoms with Crippen molar-refractivity contribution >= 4 is 29.1 Å². The summed E-state index contributed by atoms with van der Waals surface area (Å²) in [5.74, 6) is -0.484. The lowest BCUT2D eigenvalue weighted by molar-refractivity contribution is -0.117. The highest BCUT2D eigenvalue weighted by Crippen LogP contribution is 2.23. The molecular weight excluding hydrogens is 419 g/mol. The van der Waals surface area contributed by atoms with Crippen molar-refractivity contribution in [2.75, 3.05) is 11.4 Å². The van der Waals surface area contributed by atoms with Crippen LogP contribution in [0.1, 0.15) is 40.0 Å². The molecule has 0 spiro atoms. The quantitative estimate of drug-likeness (QED) is 0.627. The molecular formula is C23H22ClFN4O2. The van der Waals surface area contributed by atoms with E-state index in [2.05, 4.69) is 10.4 Å². The van der Waals surface area contributed by atoms with Gasteiger partial charge in [0.05, 0.1) is 17.8 Å². The highest BCUT2D eigenvalue weighted by Gasteiger charge is 2.22. The van der Waals surface area contributed by atoms with Gasteiger partial charge in [-0.3, -0.25) is 9.59 Å². The summed E-state index contributed by atoms with van der Waals surface area (Å²) in [4.78, 5) is 26.4. The maximum Gasteiger partial charge on any atom is 0.256 e. The van der Waals surface area contributed by atoms with Gasteiger partial charge in [0.25, 0.3) is 5.91 Å². The molecule has 0 aliphatic carbocycles. The number of aromatic nitrogens is 2. The summed E-state index contributed by atoms with van der Waals surface area (Å²) < 4.78 is 14.6. The highest BCUT2D eigenvalue weighted by molar-refractivity contribution is 6.33. The van der Waals surface area contributed by atoms with Crippen LogP contribution in [-0.2, 0) is 17.9 Å². The average Bonchev–Trinajstić information content (AvgIpc) is 3.31. The molecule has 31 heavy (non-hydrogen) atoms. The predicted octanol–water partition coefficient (Wildman–Crippen LogP) is 4.09. The molecule has 0 atom stereocenters. The van der Waals surface area contributed by atoms with Gasteiger partial charge in [0.2, 0.25) is 5.91 Å². The van der Waals surface area contributed by atoms with Gasteiger partial charge in [-0.25, -0.2) is 9.07 Å². The zero-order chi connectivity index (χ0) is 22.0. The number of anilines is 1.